The topological polar surface area (TPSA) is 104 Å². The van der Waals surface area contributed by atoms with E-state index in [-0.39, 0.29) is 30.2 Å². The fourth-order valence-corrected chi connectivity index (χ4v) is 2.53. The third-order valence-corrected chi connectivity index (χ3v) is 3.90. The smallest absolute Gasteiger partial charge is 0.242 e. The molecule has 0 aliphatic carbocycles. The normalized spacial score (nSPS) is 14.6. The van der Waals surface area contributed by atoms with Gasteiger partial charge in [0.25, 0.3) is 0 Å². The van der Waals surface area contributed by atoms with Crippen LogP contribution in [-0.2, 0) is 16.0 Å². The minimum atomic E-state index is -1.22. The van der Waals surface area contributed by atoms with Gasteiger partial charge < -0.3 is 21.5 Å². The average Bonchev–Trinajstić information content (AvgIpc) is 2.51. The predicted molar refractivity (Wildman–Crippen MR) is 94.1 cm³/mol. The molecule has 2 amide bonds. The second-order valence-corrected chi connectivity index (χ2v) is 6.60. The Morgan fingerprint density at radius 1 is 1.19 bits per heavy atom. The van der Waals surface area contributed by atoms with E-state index in [9.17, 15) is 23.5 Å². The van der Waals surface area contributed by atoms with E-state index >= 15 is 0 Å². The lowest BCUT2D eigenvalue weighted by Crippen LogP contribution is -2.51. The molecule has 8 heteroatoms. The third-order valence-electron chi connectivity index (χ3n) is 3.90. The molecule has 146 valence electrons. The molecule has 0 aromatic heterocycles. The van der Waals surface area contributed by atoms with Gasteiger partial charge in [0.05, 0.1) is 12.5 Å². The Morgan fingerprint density at radius 2 is 1.77 bits per heavy atom. The van der Waals surface area contributed by atoms with Gasteiger partial charge in [-0.25, -0.2) is 8.78 Å². The van der Waals surface area contributed by atoms with Gasteiger partial charge >= 0.3 is 0 Å². The van der Waals surface area contributed by atoms with Gasteiger partial charge in [0.2, 0.25) is 11.8 Å². The van der Waals surface area contributed by atoms with Crippen molar-refractivity contribution in [2.75, 3.05) is 6.54 Å². The van der Waals surface area contributed by atoms with E-state index in [1.54, 1.807) is 20.8 Å². The number of hydrogen-bond donors (Lipinski definition) is 4. The number of aliphatic hydroxyl groups excluding tert-OH is 1. The maximum absolute atomic E-state index is 13.2. The van der Waals surface area contributed by atoms with E-state index in [1.165, 1.54) is 0 Å². The minimum Gasteiger partial charge on any atom is -0.391 e. The Labute approximate surface area is 152 Å². The van der Waals surface area contributed by atoms with Gasteiger partial charge in [0.15, 0.2) is 0 Å². The van der Waals surface area contributed by atoms with Gasteiger partial charge in [-0.1, -0.05) is 13.8 Å². The van der Waals surface area contributed by atoms with Crippen LogP contribution in [0.5, 0.6) is 0 Å². The molecular weight excluding hydrogens is 344 g/mol. The van der Waals surface area contributed by atoms with Crippen LogP contribution in [0.3, 0.4) is 0 Å². The molecule has 6 nitrogen and oxygen atoms in total. The number of aliphatic hydroxyl groups is 1. The molecule has 1 rings (SSSR count). The number of halogens is 2. The monoisotopic (exact) mass is 371 g/mol. The first-order valence-electron chi connectivity index (χ1n) is 8.59. The molecule has 0 unspecified atom stereocenters. The number of amides is 2. The van der Waals surface area contributed by atoms with Crippen molar-refractivity contribution in [3.8, 4) is 0 Å². The lowest BCUT2D eigenvalue weighted by atomic mass is 9.98. The van der Waals surface area contributed by atoms with E-state index in [0.717, 1.165) is 18.2 Å². The summed E-state index contributed by atoms with van der Waals surface area (Å²) in [5.74, 6) is -2.43. The molecule has 0 heterocycles. The molecule has 3 atom stereocenters. The van der Waals surface area contributed by atoms with Crippen molar-refractivity contribution >= 4 is 11.8 Å². The number of nitrogens with two attached hydrogens (primary N) is 1. The second-order valence-electron chi connectivity index (χ2n) is 6.60. The van der Waals surface area contributed by atoms with Crippen LogP contribution in [0.4, 0.5) is 8.78 Å². The molecule has 0 aliphatic heterocycles. The molecule has 0 bridgehead atoms. The van der Waals surface area contributed by atoms with Gasteiger partial charge in [-0.15, -0.1) is 0 Å². The van der Waals surface area contributed by atoms with Crippen LogP contribution in [0, 0.1) is 17.6 Å². The number of benzene rings is 1. The molecule has 0 radical (unpaired) electrons. The molecule has 1 aromatic carbocycles. The number of carbonyl (C=O) groups is 2. The molecule has 0 saturated heterocycles. The van der Waals surface area contributed by atoms with Gasteiger partial charge in [0.1, 0.15) is 17.7 Å². The van der Waals surface area contributed by atoms with Gasteiger partial charge in [0, 0.05) is 18.7 Å². The van der Waals surface area contributed by atoms with Crippen molar-refractivity contribution in [3.63, 3.8) is 0 Å². The van der Waals surface area contributed by atoms with E-state index < -0.39 is 35.7 Å². The fourth-order valence-electron chi connectivity index (χ4n) is 2.53. The number of carbonyl (C=O) groups excluding carboxylic acids is 2. The highest BCUT2D eigenvalue weighted by atomic mass is 19.1. The largest absolute Gasteiger partial charge is 0.391 e. The maximum atomic E-state index is 13.2. The summed E-state index contributed by atoms with van der Waals surface area (Å²) in [6.07, 6.45) is -1.53. The van der Waals surface area contributed by atoms with Crippen molar-refractivity contribution in [1.29, 1.82) is 0 Å². The molecule has 26 heavy (non-hydrogen) atoms. The molecule has 0 fully saturated rings. The second kappa shape index (κ2) is 10.2. The van der Waals surface area contributed by atoms with Crippen molar-refractivity contribution < 1.29 is 23.5 Å². The Morgan fingerprint density at radius 3 is 2.27 bits per heavy atom. The summed E-state index contributed by atoms with van der Waals surface area (Å²) in [5.41, 5.74) is 6.13. The van der Waals surface area contributed by atoms with Crippen molar-refractivity contribution in [2.45, 2.75) is 51.8 Å². The highest BCUT2D eigenvalue weighted by Gasteiger charge is 2.26. The summed E-state index contributed by atoms with van der Waals surface area (Å²) < 4.78 is 26.4. The highest BCUT2D eigenvalue weighted by Crippen LogP contribution is 2.12. The fraction of sp³-hybridized carbons (Fsp3) is 0.556. The SMILES string of the molecule is CCNC(=O)[C@@H](NC(=O)C[C@@H](O)[C@@H](N)Cc1cc(F)cc(F)c1)C(C)C. The van der Waals surface area contributed by atoms with E-state index in [4.69, 9.17) is 5.73 Å². The lowest BCUT2D eigenvalue weighted by Gasteiger charge is -2.23. The quantitative estimate of drug-likeness (QED) is 0.517. The van der Waals surface area contributed by atoms with Crippen molar-refractivity contribution in [1.82, 2.24) is 10.6 Å². The summed E-state index contributed by atoms with van der Waals surface area (Å²) in [7, 11) is 0. The zero-order chi connectivity index (χ0) is 19.9. The molecule has 0 spiro atoms. The average molecular weight is 371 g/mol. The number of hydrogen-bond acceptors (Lipinski definition) is 4. The maximum Gasteiger partial charge on any atom is 0.242 e. The van der Waals surface area contributed by atoms with E-state index in [2.05, 4.69) is 10.6 Å². The standard InChI is InChI=1S/C18H27F2N3O3/c1-4-22-18(26)17(10(2)3)23-16(25)9-15(24)14(21)7-11-5-12(19)8-13(20)6-11/h5-6,8,10,14-15,17,24H,4,7,9,21H2,1-3H3,(H,22,26)(H,23,25)/t14-,15+,17-/m0/s1. The lowest BCUT2D eigenvalue weighted by molar-refractivity contribution is -0.131. The van der Waals surface area contributed by atoms with E-state index in [1.807, 2.05) is 0 Å². The molecule has 0 aliphatic rings. The third kappa shape index (κ3) is 7.05. The molecule has 1 aromatic rings. The van der Waals surface area contributed by atoms with Crippen LogP contribution in [-0.4, -0.2) is 41.7 Å². The van der Waals surface area contributed by atoms with Gasteiger partial charge in [-0.3, -0.25) is 9.59 Å². The van der Waals surface area contributed by atoms with Gasteiger partial charge in [-0.2, -0.15) is 0 Å². The van der Waals surface area contributed by atoms with Crippen LogP contribution < -0.4 is 16.4 Å². The summed E-state index contributed by atoms with van der Waals surface area (Å²) >= 11 is 0. The number of likely N-dealkylation sites (N-methyl/N-ethyl adjacent to an activating group) is 1. The van der Waals surface area contributed by atoms with Crippen LogP contribution in [0.15, 0.2) is 18.2 Å². The number of rotatable bonds is 9. The zero-order valence-electron chi connectivity index (χ0n) is 15.3. The minimum absolute atomic E-state index is 0.00700. The molecule has 5 N–H and O–H groups in total. The van der Waals surface area contributed by atoms with Crippen LogP contribution in [0.1, 0.15) is 32.8 Å². The Hall–Kier alpha value is -2.06. The summed E-state index contributed by atoms with van der Waals surface area (Å²) in [6.45, 7) is 5.80. The van der Waals surface area contributed by atoms with Gasteiger partial charge in [-0.05, 0) is 37.0 Å². The Kier molecular flexibility index (Phi) is 8.60. The molecular formula is C18H27F2N3O3. The van der Waals surface area contributed by atoms with Crippen molar-refractivity contribution in [2.24, 2.45) is 11.7 Å². The summed E-state index contributed by atoms with van der Waals surface area (Å²) in [5, 5.41) is 15.3. The zero-order valence-corrected chi connectivity index (χ0v) is 15.3. The van der Waals surface area contributed by atoms with Crippen LogP contribution in [0.25, 0.3) is 0 Å². The Balaban J connectivity index is 2.62. The van der Waals surface area contributed by atoms with Crippen molar-refractivity contribution in [3.05, 3.63) is 35.4 Å². The summed E-state index contributed by atoms with van der Waals surface area (Å²) in [6, 6.07) is 1.39. The van der Waals surface area contributed by atoms with Crippen LogP contribution in [0.2, 0.25) is 0 Å². The number of nitrogens with one attached hydrogen (secondary N) is 2. The Bertz CT molecular complexity index is 605. The summed E-state index contributed by atoms with van der Waals surface area (Å²) in [4.78, 5) is 24.1. The molecule has 0 saturated carbocycles. The predicted octanol–water partition coefficient (Wildman–Crippen LogP) is 0.863. The first kappa shape index (κ1) is 22.0. The first-order chi connectivity index (χ1) is 12.1. The first-order valence-corrected chi connectivity index (χ1v) is 8.59. The van der Waals surface area contributed by atoms with E-state index in [0.29, 0.717) is 6.54 Å². The van der Waals surface area contributed by atoms with Crippen LogP contribution >= 0.6 is 0 Å². The highest BCUT2D eigenvalue weighted by molar-refractivity contribution is 5.87.